The lowest BCUT2D eigenvalue weighted by Gasteiger charge is -2.10. The molecule has 1 heterocycles. The van der Waals surface area contributed by atoms with Crippen molar-refractivity contribution in [2.24, 2.45) is 0 Å². The molecule has 0 bridgehead atoms. The van der Waals surface area contributed by atoms with Crippen LogP contribution in [0.1, 0.15) is 21.4 Å². The molecule has 102 valence electrons. The van der Waals surface area contributed by atoms with Gasteiger partial charge in [-0.15, -0.1) is 22.9 Å². The maximum absolute atomic E-state index is 12.4. The minimum absolute atomic E-state index is 0.518. The van der Waals surface area contributed by atoms with Gasteiger partial charge in [-0.3, -0.25) is 0 Å². The number of rotatable bonds is 2. The number of thiophene rings is 1. The first-order chi connectivity index (χ1) is 8.79. The van der Waals surface area contributed by atoms with Crippen LogP contribution in [0.15, 0.2) is 34.8 Å². The van der Waals surface area contributed by atoms with Gasteiger partial charge in [-0.2, -0.15) is 13.2 Å². The van der Waals surface area contributed by atoms with Gasteiger partial charge in [0.2, 0.25) is 0 Å². The topological polar surface area (TPSA) is 0 Å². The van der Waals surface area contributed by atoms with Crippen molar-refractivity contribution in [2.75, 3.05) is 0 Å². The van der Waals surface area contributed by atoms with E-state index in [4.69, 9.17) is 23.2 Å². The van der Waals surface area contributed by atoms with E-state index in [2.05, 4.69) is 15.9 Å². The van der Waals surface area contributed by atoms with Crippen LogP contribution >= 0.6 is 50.5 Å². The highest BCUT2D eigenvalue weighted by molar-refractivity contribution is 9.10. The summed E-state index contributed by atoms with van der Waals surface area (Å²) in [6.07, 6.45) is -4.34. The van der Waals surface area contributed by atoms with Crippen LogP contribution < -0.4 is 0 Å². The van der Waals surface area contributed by atoms with E-state index in [0.29, 0.717) is 9.90 Å². The van der Waals surface area contributed by atoms with Crippen LogP contribution in [0.25, 0.3) is 0 Å². The van der Waals surface area contributed by atoms with Crippen molar-refractivity contribution in [2.45, 2.75) is 11.6 Å². The van der Waals surface area contributed by atoms with Crippen LogP contribution in [0, 0.1) is 0 Å². The summed E-state index contributed by atoms with van der Waals surface area (Å²) in [5.41, 5.74) is -0.0920. The van der Waals surface area contributed by atoms with Gasteiger partial charge in [0, 0.05) is 9.35 Å². The number of benzene rings is 1. The summed E-state index contributed by atoms with van der Waals surface area (Å²) in [6.45, 7) is 0. The van der Waals surface area contributed by atoms with E-state index in [1.807, 2.05) is 0 Å². The molecule has 0 fully saturated rings. The van der Waals surface area contributed by atoms with Gasteiger partial charge < -0.3 is 0 Å². The molecule has 1 aromatic heterocycles. The van der Waals surface area contributed by atoms with Crippen LogP contribution in [0.5, 0.6) is 0 Å². The highest BCUT2D eigenvalue weighted by atomic mass is 79.9. The lowest BCUT2D eigenvalue weighted by atomic mass is 10.1. The Hall–Kier alpha value is -0.230. The van der Waals surface area contributed by atoms with E-state index in [-0.39, 0.29) is 0 Å². The fraction of sp³-hybridized carbons (Fsp3) is 0.167. The highest BCUT2D eigenvalue weighted by Gasteiger charge is 2.30. The molecule has 2 aromatic rings. The summed E-state index contributed by atoms with van der Waals surface area (Å²) in [5.74, 6) is 0. The summed E-state index contributed by atoms with van der Waals surface area (Å²) in [4.78, 5) is 0.776. The Morgan fingerprint density at radius 2 is 1.74 bits per heavy atom. The van der Waals surface area contributed by atoms with Gasteiger partial charge in [-0.05, 0) is 39.7 Å². The van der Waals surface area contributed by atoms with E-state index >= 15 is 0 Å². The van der Waals surface area contributed by atoms with Crippen LogP contribution in [0.3, 0.4) is 0 Å². The van der Waals surface area contributed by atoms with Crippen molar-refractivity contribution >= 4 is 50.5 Å². The molecular weight excluding hydrogens is 384 g/mol. The lowest BCUT2D eigenvalue weighted by molar-refractivity contribution is -0.137. The van der Waals surface area contributed by atoms with Crippen molar-refractivity contribution in [3.8, 4) is 0 Å². The summed E-state index contributed by atoms with van der Waals surface area (Å²) in [7, 11) is 0. The van der Waals surface area contributed by atoms with Crippen molar-refractivity contribution in [3.63, 3.8) is 0 Å². The van der Waals surface area contributed by atoms with Gasteiger partial charge in [-0.25, -0.2) is 0 Å². The molecule has 2 rings (SSSR count). The summed E-state index contributed by atoms with van der Waals surface area (Å²) < 4.78 is 38.6. The van der Waals surface area contributed by atoms with Gasteiger partial charge >= 0.3 is 6.18 Å². The molecule has 0 saturated heterocycles. The molecule has 0 nitrogen and oxygen atoms in total. The number of hydrogen-bond acceptors (Lipinski definition) is 1. The molecular formula is C12H6BrCl2F3S. The molecule has 0 aliphatic heterocycles. The fourth-order valence-electron chi connectivity index (χ4n) is 1.49. The van der Waals surface area contributed by atoms with E-state index < -0.39 is 17.1 Å². The van der Waals surface area contributed by atoms with Crippen molar-refractivity contribution < 1.29 is 13.2 Å². The van der Waals surface area contributed by atoms with E-state index in [1.54, 1.807) is 6.07 Å². The largest absolute Gasteiger partial charge is 0.416 e. The van der Waals surface area contributed by atoms with Gasteiger partial charge in [0.1, 0.15) is 4.34 Å². The molecule has 0 aliphatic carbocycles. The number of halogens is 6. The van der Waals surface area contributed by atoms with Gasteiger partial charge in [0.25, 0.3) is 0 Å². The zero-order valence-electron chi connectivity index (χ0n) is 9.14. The van der Waals surface area contributed by atoms with Crippen LogP contribution in [0.2, 0.25) is 4.34 Å². The van der Waals surface area contributed by atoms with Crippen LogP contribution in [0.4, 0.5) is 13.2 Å². The van der Waals surface area contributed by atoms with Crippen molar-refractivity contribution in [1.29, 1.82) is 0 Å². The van der Waals surface area contributed by atoms with Gasteiger partial charge in [0.15, 0.2) is 0 Å². The molecule has 0 aliphatic rings. The minimum atomic E-state index is -4.34. The van der Waals surface area contributed by atoms with E-state index in [0.717, 1.165) is 21.5 Å². The van der Waals surface area contributed by atoms with Crippen molar-refractivity contribution in [1.82, 2.24) is 0 Å². The first kappa shape index (κ1) is 15.2. The summed E-state index contributed by atoms with van der Waals surface area (Å²) in [6, 6.07) is 6.57. The molecule has 0 amide bonds. The molecule has 1 unspecified atom stereocenters. The first-order valence-electron chi connectivity index (χ1n) is 5.05. The standard InChI is InChI=1S/C12H6BrCl2F3S/c13-8-5-9(19-11(8)15)10(14)6-1-3-7(4-2-6)12(16,17)18/h1-5,10H. The summed E-state index contributed by atoms with van der Waals surface area (Å²) in [5, 5.41) is -0.518. The molecule has 0 saturated carbocycles. The fourth-order valence-corrected chi connectivity index (χ4v) is 3.58. The Bertz CT molecular complexity index is 558. The van der Waals surface area contributed by atoms with E-state index in [1.165, 1.54) is 23.5 Å². The monoisotopic (exact) mass is 388 g/mol. The predicted octanol–water partition coefficient (Wildman–Crippen LogP) is 6.51. The average molecular weight is 390 g/mol. The van der Waals surface area contributed by atoms with Crippen molar-refractivity contribution in [3.05, 3.63) is 55.1 Å². The highest BCUT2D eigenvalue weighted by Crippen LogP contribution is 2.40. The normalized spacial score (nSPS) is 13.6. The molecule has 7 heteroatoms. The Morgan fingerprint density at radius 3 is 2.16 bits per heavy atom. The molecule has 19 heavy (non-hydrogen) atoms. The van der Waals surface area contributed by atoms with Gasteiger partial charge in [-0.1, -0.05) is 23.7 Å². The number of hydrogen-bond donors (Lipinski definition) is 0. The van der Waals surface area contributed by atoms with Crippen LogP contribution in [-0.2, 0) is 6.18 Å². The first-order valence-corrected chi connectivity index (χ1v) is 7.47. The van der Waals surface area contributed by atoms with Crippen LogP contribution in [-0.4, -0.2) is 0 Å². The Labute approximate surface area is 130 Å². The summed E-state index contributed by atoms with van der Waals surface area (Å²) >= 11 is 16.7. The molecule has 1 atom stereocenters. The second-order valence-corrected chi connectivity index (χ2v) is 6.73. The zero-order valence-corrected chi connectivity index (χ0v) is 13.1. The minimum Gasteiger partial charge on any atom is -0.166 e. The van der Waals surface area contributed by atoms with Gasteiger partial charge in [0.05, 0.1) is 10.9 Å². The number of alkyl halides is 4. The lowest BCUT2D eigenvalue weighted by Crippen LogP contribution is -2.04. The molecule has 0 radical (unpaired) electrons. The molecule has 1 aromatic carbocycles. The second kappa shape index (κ2) is 5.64. The SMILES string of the molecule is FC(F)(F)c1ccc(C(Cl)c2cc(Br)c(Cl)s2)cc1. The van der Waals surface area contributed by atoms with E-state index in [9.17, 15) is 13.2 Å². The zero-order chi connectivity index (χ0) is 14.2. The smallest absolute Gasteiger partial charge is 0.166 e. The quantitative estimate of drug-likeness (QED) is 0.513. The third kappa shape index (κ3) is 3.45. The Kier molecular flexibility index (Phi) is 4.50. The maximum atomic E-state index is 12.4. The average Bonchev–Trinajstić information content (AvgIpc) is 2.68. The molecule has 0 spiro atoms. The second-order valence-electron chi connectivity index (χ2n) is 3.75. The predicted molar refractivity (Wildman–Crippen MR) is 76.2 cm³/mol. The third-order valence-corrected chi connectivity index (χ3v) is 5.60. The maximum Gasteiger partial charge on any atom is 0.416 e. The Balaban J connectivity index is 2.27. The molecule has 0 N–H and O–H groups in total. The Morgan fingerprint density at radius 1 is 1.16 bits per heavy atom. The third-order valence-electron chi connectivity index (χ3n) is 2.44.